The number of aromatic amines is 1. The van der Waals surface area contributed by atoms with Crippen LogP contribution in [0.4, 0.5) is 0 Å². The molecule has 168 valence electrons. The number of halogens is 2. The van der Waals surface area contributed by atoms with E-state index >= 15 is 0 Å². The molecule has 1 saturated heterocycles. The van der Waals surface area contributed by atoms with Crippen molar-refractivity contribution in [1.82, 2.24) is 20.0 Å². The van der Waals surface area contributed by atoms with Crippen molar-refractivity contribution in [3.05, 3.63) is 112 Å². The van der Waals surface area contributed by atoms with E-state index in [-0.39, 0.29) is 6.04 Å². The lowest BCUT2D eigenvalue weighted by molar-refractivity contribution is 0.105. The SMILES string of the molecule is Clc1ccc(-c2[nH]ncc2CN2CCN(C(c3ccccc3)c3ccccc3)CC2)c(Cl)c1. The molecule has 0 bridgehead atoms. The molecule has 4 nitrogen and oxygen atoms in total. The van der Waals surface area contributed by atoms with Gasteiger partial charge in [0.25, 0.3) is 0 Å². The Hall–Kier alpha value is -2.63. The van der Waals surface area contributed by atoms with Gasteiger partial charge in [-0.05, 0) is 29.3 Å². The quantitative estimate of drug-likeness (QED) is 0.355. The van der Waals surface area contributed by atoms with Crippen LogP contribution in [-0.4, -0.2) is 46.2 Å². The molecule has 0 unspecified atom stereocenters. The summed E-state index contributed by atoms with van der Waals surface area (Å²) in [6.07, 6.45) is 1.91. The van der Waals surface area contributed by atoms with Crippen molar-refractivity contribution < 1.29 is 0 Å². The van der Waals surface area contributed by atoms with Gasteiger partial charge >= 0.3 is 0 Å². The maximum atomic E-state index is 6.45. The molecule has 3 aromatic carbocycles. The van der Waals surface area contributed by atoms with E-state index < -0.39 is 0 Å². The number of H-pyrrole nitrogens is 1. The first kappa shape index (κ1) is 22.2. The summed E-state index contributed by atoms with van der Waals surface area (Å²) in [6, 6.07) is 27.5. The molecule has 0 saturated carbocycles. The first-order valence-electron chi connectivity index (χ1n) is 11.2. The lowest BCUT2D eigenvalue weighted by Crippen LogP contribution is -2.47. The number of rotatable bonds is 6. The van der Waals surface area contributed by atoms with E-state index in [9.17, 15) is 0 Å². The van der Waals surface area contributed by atoms with Gasteiger partial charge < -0.3 is 0 Å². The van der Waals surface area contributed by atoms with Crippen LogP contribution in [0.3, 0.4) is 0 Å². The molecule has 1 aromatic heterocycles. The molecule has 1 aliphatic heterocycles. The zero-order valence-electron chi connectivity index (χ0n) is 18.3. The Kier molecular flexibility index (Phi) is 6.79. The van der Waals surface area contributed by atoms with Gasteiger partial charge in [-0.3, -0.25) is 14.9 Å². The van der Waals surface area contributed by atoms with Crippen molar-refractivity contribution in [3.8, 4) is 11.3 Å². The second-order valence-electron chi connectivity index (χ2n) is 8.43. The van der Waals surface area contributed by atoms with E-state index in [1.807, 2.05) is 18.3 Å². The van der Waals surface area contributed by atoms with Crippen LogP contribution >= 0.6 is 23.2 Å². The van der Waals surface area contributed by atoms with E-state index in [1.54, 1.807) is 6.07 Å². The number of hydrogen-bond donors (Lipinski definition) is 1. The molecule has 0 atom stereocenters. The fraction of sp³-hybridized carbons (Fsp3) is 0.222. The molecule has 2 heterocycles. The van der Waals surface area contributed by atoms with Gasteiger partial charge in [-0.2, -0.15) is 5.10 Å². The van der Waals surface area contributed by atoms with Crippen molar-refractivity contribution in [2.75, 3.05) is 26.2 Å². The Labute approximate surface area is 204 Å². The summed E-state index contributed by atoms with van der Waals surface area (Å²) in [4.78, 5) is 5.08. The molecule has 1 aliphatic rings. The molecular formula is C27H26Cl2N4. The smallest absolute Gasteiger partial charge is 0.0710 e. The van der Waals surface area contributed by atoms with Crippen molar-refractivity contribution in [1.29, 1.82) is 0 Å². The predicted molar refractivity (Wildman–Crippen MR) is 136 cm³/mol. The molecular weight excluding hydrogens is 451 g/mol. The second-order valence-corrected chi connectivity index (χ2v) is 9.27. The average Bonchev–Trinajstić information content (AvgIpc) is 3.29. The van der Waals surface area contributed by atoms with Crippen LogP contribution in [0.15, 0.2) is 85.1 Å². The van der Waals surface area contributed by atoms with Gasteiger partial charge in [-0.25, -0.2) is 0 Å². The van der Waals surface area contributed by atoms with Crippen LogP contribution in [0.1, 0.15) is 22.7 Å². The summed E-state index contributed by atoms with van der Waals surface area (Å²) in [5, 5.41) is 8.69. The fourth-order valence-electron chi connectivity index (χ4n) is 4.66. The van der Waals surface area contributed by atoms with Crippen molar-refractivity contribution >= 4 is 23.2 Å². The molecule has 6 heteroatoms. The summed E-state index contributed by atoms with van der Waals surface area (Å²) < 4.78 is 0. The first-order valence-corrected chi connectivity index (χ1v) is 12.0. The Bertz CT molecular complexity index is 1150. The number of benzene rings is 3. The molecule has 1 N–H and O–H groups in total. The topological polar surface area (TPSA) is 35.2 Å². The van der Waals surface area contributed by atoms with Gasteiger partial charge in [0.1, 0.15) is 0 Å². The summed E-state index contributed by atoms with van der Waals surface area (Å²) in [5.41, 5.74) is 5.72. The molecule has 4 aromatic rings. The predicted octanol–water partition coefficient (Wildman–Crippen LogP) is 6.29. The fourth-order valence-corrected chi connectivity index (χ4v) is 5.16. The summed E-state index contributed by atoms with van der Waals surface area (Å²) >= 11 is 12.5. The Balaban J connectivity index is 1.30. The first-order chi connectivity index (χ1) is 16.2. The third-order valence-corrected chi connectivity index (χ3v) is 6.86. The highest BCUT2D eigenvalue weighted by Crippen LogP contribution is 2.33. The van der Waals surface area contributed by atoms with Gasteiger partial charge in [-0.1, -0.05) is 83.9 Å². The van der Waals surface area contributed by atoms with Crippen LogP contribution < -0.4 is 0 Å². The van der Waals surface area contributed by atoms with Crippen LogP contribution in [0.5, 0.6) is 0 Å². The maximum absolute atomic E-state index is 6.45. The molecule has 1 fully saturated rings. The van der Waals surface area contributed by atoms with E-state index in [4.69, 9.17) is 23.2 Å². The summed E-state index contributed by atoms with van der Waals surface area (Å²) in [7, 11) is 0. The lowest BCUT2D eigenvalue weighted by atomic mass is 9.96. The monoisotopic (exact) mass is 476 g/mol. The zero-order chi connectivity index (χ0) is 22.6. The minimum atomic E-state index is 0.270. The minimum Gasteiger partial charge on any atom is -0.296 e. The normalized spacial score (nSPS) is 15.2. The number of piperazine rings is 1. The maximum Gasteiger partial charge on any atom is 0.0710 e. The van der Waals surface area contributed by atoms with Gasteiger partial charge in [0, 0.05) is 48.9 Å². The number of hydrogen-bond acceptors (Lipinski definition) is 3. The van der Waals surface area contributed by atoms with Crippen LogP contribution in [0, 0.1) is 0 Å². The van der Waals surface area contributed by atoms with Gasteiger partial charge in [0.15, 0.2) is 0 Å². The van der Waals surface area contributed by atoms with Gasteiger partial charge in [0.05, 0.1) is 23.0 Å². The molecule has 0 radical (unpaired) electrons. The molecule has 0 spiro atoms. The summed E-state index contributed by atoms with van der Waals surface area (Å²) in [5.74, 6) is 0. The third-order valence-electron chi connectivity index (χ3n) is 6.31. The molecule has 0 amide bonds. The zero-order valence-corrected chi connectivity index (χ0v) is 19.8. The van der Waals surface area contributed by atoms with E-state index in [0.29, 0.717) is 10.0 Å². The van der Waals surface area contributed by atoms with Crippen molar-refractivity contribution in [2.24, 2.45) is 0 Å². The highest BCUT2D eigenvalue weighted by atomic mass is 35.5. The second kappa shape index (κ2) is 10.1. The average molecular weight is 477 g/mol. The van der Waals surface area contributed by atoms with Crippen molar-refractivity contribution in [2.45, 2.75) is 12.6 Å². The third kappa shape index (κ3) is 4.99. The highest BCUT2D eigenvalue weighted by Gasteiger charge is 2.27. The van der Waals surface area contributed by atoms with Gasteiger partial charge in [-0.15, -0.1) is 0 Å². The molecule has 33 heavy (non-hydrogen) atoms. The van der Waals surface area contributed by atoms with Crippen LogP contribution in [0.25, 0.3) is 11.3 Å². The standard InChI is InChI=1S/C27H26Cl2N4/c28-23-11-12-24(25(29)17-23)26-22(18-30-31-26)19-32-13-15-33(16-14-32)27(20-7-3-1-4-8-20)21-9-5-2-6-10-21/h1-12,17-18,27H,13-16,19H2,(H,30,31). The van der Waals surface area contributed by atoms with E-state index in [0.717, 1.165) is 49.5 Å². The van der Waals surface area contributed by atoms with Gasteiger partial charge in [0.2, 0.25) is 0 Å². The number of nitrogens with one attached hydrogen (secondary N) is 1. The Morgan fingerprint density at radius 3 is 2.06 bits per heavy atom. The van der Waals surface area contributed by atoms with E-state index in [1.165, 1.54) is 11.1 Å². The highest BCUT2D eigenvalue weighted by molar-refractivity contribution is 6.36. The van der Waals surface area contributed by atoms with Crippen LogP contribution in [-0.2, 0) is 6.54 Å². The minimum absolute atomic E-state index is 0.270. The van der Waals surface area contributed by atoms with Crippen molar-refractivity contribution in [3.63, 3.8) is 0 Å². The Morgan fingerprint density at radius 1 is 0.818 bits per heavy atom. The molecule has 0 aliphatic carbocycles. The molecule has 5 rings (SSSR count). The number of aromatic nitrogens is 2. The van der Waals surface area contributed by atoms with Crippen LogP contribution in [0.2, 0.25) is 10.0 Å². The van der Waals surface area contributed by atoms with E-state index in [2.05, 4.69) is 80.7 Å². The largest absolute Gasteiger partial charge is 0.296 e. The Morgan fingerprint density at radius 2 is 1.45 bits per heavy atom. The summed E-state index contributed by atoms with van der Waals surface area (Å²) in [6.45, 7) is 4.83. The lowest BCUT2D eigenvalue weighted by Gasteiger charge is -2.39. The number of nitrogens with zero attached hydrogens (tertiary/aromatic N) is 3.